The van der Waals surface area contributed by atoms with Gasteiger partial charge in [-0.25, -0.2) is 4.79 Å². The Labute approximate surface area is 198 Å². The number of para-hydroxylation sites is 1. The van der Waals surface area contributed by atoms with Crippen LogP contribution in [-0.4, -0.2) is 32.7 Å². The molecule has 0 aliphatic heterocycles. The number of nitrogens with zero attached hydrogens (tertiary/aromatic N) is 2. The van der Waals surface area contributed by atoms with Crippen molar-refractivity contribution in [2.75, 3.05) is 5.32 Å². The van der Waals surface area contributed by atoms with Gasteiger partial charge in [0.1, 0.15) is 11.5 Å². The number of aryl methyl sites for hydroxylation is 2. The van der Waals surface area contributed by atoms with Crippen LogP contribution in [0.1, 0.15) is 11.1 Å². The zero-order chi connectivity index (χ0) is 25.6. The third kappa shape index (κ3) is 6.83. The number of anilines is 1. The van der Waals surface area contributed by atoms with Crippen LogP contribution in [-0.2, 0) is 23.1 Å². The van der Waals surface area contributed by atoms with E-state index in [4.69, 9.17) is 14.6 Å². The maximum atomic E-state index is 12.6. The molecule has 0 aliphatic carbocycles. The maximum absolute atomic E-state index is 12.6. The van der Waals surface area contributed by atoms with E-state index in [0.717, 1.165) is 33.5 Å². The molecule has 2 aromatic heterocycles. The minimum absolute atomic E-state index is 0.0447. The number of carbonyl (C=O) groups is 2. The lowest BCUT2D eigenvalue weighted by molar-refractivity contribution is -0.192. The van der Waals surface area contributed by atoms with Crippen molar-refractivity contribution in [2.45, 2.75) is 19.5 Å². The molecule has 0 bridgehead atoms. The van der Waals surface area contributed by atoms with Crippen molar-refractivity contribution in [2.24, 2.45) is 7.05 Å². The summed E-state index contributed by atoms with van der Waals surface area (Å²) >= 11 is 0. The van der Waals surface area contributed by atoms with Gasteiger partial charge in [0, 0.05) is 36.0 Å². The lowest BCUT2D eigenvalue weighted by atomic mass is 10.1. The third-order valence-corrected chi connectivity index (χ3v) is 4.89. The molecule has 4 rings (SSSR count). The number of fused-ring (bicyclic) bond motifs is 1. The van der Waals surface area contributed by atoms with E-state index in [1.165, 1.54) is 0 Å². The fourth-order valence-corrected chi connectivity index (χ4v) is 3.32. The average Bonchev–Trinajstić information content (AvgIpc) is 3.11. The predicted octanol–water partition coefficient (Wildman–Crippen LogP) is 5.49. The molecule has 7 nitrogen and oxygen atoms in total. The Hall–Kier alpha value is -4.34. The van der Waals surface area contributed by atoms with Crippen LogP contribution >= 0.6 is 0 Å². The number of rotatable bonds is 5. The van der Waals surface area contributed by atoms with Crippen molar-refractivity contribution >= 4 is 28.5 Å². The van der Waals surface area contributed by atoms with Gasteiger partial charge in [0.2, 0.25) is 5.91 Å². The lowest BCUT2D eigenvalue weighted by Crippen LogP contribution is -2.21. The summed E-state index contributed by atoms with van der Waals surface area (Å²) in [5, 5.41) is 11.2. The average molecular weight is 485 g/mol. The number of ether oxygens (including phenoxy) is 1. The van der Waals surface area contributed by atoms with Crippen LogP contribution in [0, 0.1) is 6.92 Å². The normalized spacial score (nSPS) is 10.9. The molecule has 2 N–H and O–H groups in total. The Bertz CT molecular complexity index is 1340. The van der Waals surface area contributed by atoms with Gasteiger partial charge in [-0.15, -0.1) is 0 Å². The molecule has 0 unspecified atom stereocenters. The number of pyridine rings is 1. The van der Waals surface area contributed by atoms with Crippen LogP contribution in [0.25, 0.3) is 10.9 Å². The molecule has 0 spiro atoms. The molecule has 1 amide bonds. The molecule has 10 heteroatoms. The number of carboxylic acid groups (broad SMARTS) is 1. The van der Waals surface area contributed by atoms with E-state index in [1.807, 2.05) is 73.3 Å². The smallest absolute Gasteiger partial charge is 0.475 e. The second-order valence-electron chi connectivity index (χ2n) is 7.58. The van der Waals surface area contributed by atoms with Crippen molar-refractivity contribution in [3.8, 4) is 11.5 Å². The topological polar surface area (TPSA) is 93.5 Å². The summed E-state index contributed by atoms with van der Waals surface area (Å²) in [4.78, 5) is 25.5. The summed E-state index contributed by atoms with van der Waals surface area (Å²) in [7, 11) is 1.99. The van der Waals surface area contributed by atoms with E-state index in [0.29, 0.717) is 12.2 Å². The number of nitrogens with one attached hydrogen (secondary N) is 1. The Morgan fingerprint density at radius 1 is 1.11 bits per heavy atom. The van der Waals surface area contributed by atoms with Crippen molar-refractivity contribution in [1.82, 2.24) is 9.55 Å². The fraction of sp³-hybridized carbons (Fsp3) is 0.160. The van der Waals surface area contributed by atoms with Crippen molar-refractivity contribution in [3.05, 3.63) is 84.3 Å². The summed E-state index contributed by atoms with van der Waals surface area (Å²) in [6, 6.07) is 17.4. The standard InChI is InChI=1S/C23H21N3O2.C2HF3O2/c1-16-12-18(9-10-22(16)28-19-6-5-11-24-14-19)25-23(27)13-17-15-26(2)21-8-4-3-7-20(17)21;3-2(4,5)1(6)7/h3-12,14-15H,13H2,1-2H3,(H,25,27);(H,6,7). The molecule has 0 aliphatic rings. The quantitative estimate of drug-likeness (QED) is 0.390. The van der Waals surface area contributed by atoms with Gasteiger partial charge in [-0.05, 0) is 54.4 Å². The zero-order valence-corrected chi connectivity index (χ0v) is 18.8. The lowest BCUT2D eigenvalue weighted by Gasteiger charge is -2.11. The molecule has 4 aromatic rings. The number of hydrogen-bond acceptors (Lipinski definition) is 4. The Morgan fingerprint density at radius 3 is 2.46 bits per heavy atom. The Kier molecular flexibility index (Phi) is 7.75. The SMILES string of the molecule is Cc1cc(NC(=O)Cc2cn(C)c3ccccc23)ccc1Oc1cccnc1.O=C(O)C(F)(F)F. The second kappa shape index (κ2) is 10.7. The Morgan fingerprint density at radius 2 is 1.83 bits per heavy atom. The zero-order valence-electron chi connectivity index (χ0n) is 18.8. The molecule has 2 heterocycles. The van der Waals surface area contributed by atoms with Crippen molar-refractivity contribution in [3.63, 3.8) is 0 Å². The number of alkyl halides is 3. The molecule has 0 radical (unpaired) electrons. The molecule has 0 saturated carbocycles. The highest BCUT2D eigenvalue weighted by Crippen LogP contribution is 2.27. The molecule has 0 saturated heterocycles. The molecule has 182 valence electrons. The first kappa shape index (κ1) is 25.3. The van der Waals surface area contributed by atoms with Crippen LogP contribution < -0.4 is 10.1 Å². The van der Waals surface area contributed by atoms with Crippen molar-refractivity contribution < 1.29 is 32.6 Å². The second-order valence-corrected chi connectivity index (χ2v) is 7.58. The fourth-order valence-electron chi connectivity index (χ4n) is 3.32. The van der Waals surface area contributed by atoms with E-state index in [-0.39, 0.29) is 5.91 Å². The highest BCUT2D eigenvalue weighted by Gasteiger charge is 2.38. The minimum atomic E-state index is -5.08. The number of halogens is 3. The molecular weight excluding hydrogens is 463 g/mol. The molecule has 0 fully saturated rings. The highest BCUT2D eigenvalue weighted by molar-refractivity contribution is 5.96. The highest BCUT2D eigenvalue weighted by atomic mass is 19.4. The molecule has 0 atom stereocenters. The third-order valence-electron chi connectivity index (χ3n) is 4.89. The van der Waals surface area contributed by atoms with Gasteiger partial charge < -0.3 is 19.7 Å². The van der Waals surface area contributed by atoms with E-state index in [1.54, 1.807) is 12.4 Å². The number of benzene rings is 2. The first-order valence-corrected chi connectivity index (χ1v) is 10.4. The van der Waals surface area contributed by atoms with Gasteiger partial charge in [-0.3, -0.25) is 9.78 Å². The van der Waals surface area contributed by atoms with Crippen LogP contribution in [0.3, 0.4) is 0 Å². The molecular formula is C25H22F3N3O4. The monoisotopic (exact) mass is 485 g/mol. The first-order chi connectivity index (χ1) is 16.5. The maximum Gasteiger partial charge on any atom is 0.490 e. The van der Waals surface area contributed by atoms with E-state index in [9.17, 15) is 18.0 Å². The van der Waals surface area contributed by atoms with Crippen LogP contribution in [0.2, 0.25) is 0 Å². The minimum Gasteiger partial charge on any atom is -0.475 e. The van der Waals surface area contributed by atoms with Gasteiger partial charge >= 0.3 is 12.1 Å². The predicted molar refractivity (Wildman–Crippen MR) is 124 cm³/mol. The van der Waals surface area contributed by atoms with E-state index >= 15 is 0 Å². The van der Waals surface area contributed by atoms with Crippen LogP contribution in [0.15, 0.2) is 73.2 Å². The number of amides is 1. The number of aliphatic carboxylic acids is 1. The summed E-state index contributed by atoms with van der Waals surface area (Å²) in [5.74, 6) is -1.39. The van der Waals surface area contributed by atoms with Gasteiger partial charge in [-0.2, -0.15) is 13.2 Å². The summed E-state index contributed by atoms with van der Waals surface area (Å²) in [6.07, 6.45) is 0.627. The van der Waals surface area contributed by atoms with E-state index in [2.05, 4.69) is 16.4 Å². The molecule has 35 heavy (non-hydrogen) atoms. The number of hydrogen-bond donors (Lipinski definition) is 2. The molecule has 2 aromatic carbocycles. The number of aromatic nitrogens is 2. The Balaban J connectivity index is 0.000000429. The summed E-state index contributed by atoms with van der Waals surface area (Å²) in [5.41, 5.74) is 3.83. The summed E-state index contributed by atoms with van der Waals surface area (Å²) < 4.78 is 39.6. The van der Waals surface area contributed by atoms with Crippen molar-refractivity contribution in [1.29, 1.82) is 0 Å². The van der Waals surface area contributed by atoms with E-state index < -0.39 is 12.1 Å². The number of carboxylic acids is 1. The summed E-state index contributed by atoms with van der Waals surface area (Å²) in [6.45, 7) is 1.95. The van der Waals surface area contributed by atoms with Gasteiger partial charge in [0.05, 0.1) is 12.6 Å². The van der Waals surface area contributed by atoms with Crippen LogP contribution in [0.4, 0.5) is 18.9 Å². The van der Waals surface area contributed by atoms with Gasteiger partial charge in [-0.1, -0.05) is 18.2 Å². The van der Waals surface area contributed by atoms with Crippen LogP contribution in [0.5, 0.6) is 11.5 Å². The largest absolute Gasteiger partial charge is 0.490 e. The van der Waals surface area contributed by atoms with Gasteiger partial charge in [0.25, 0.3) is 0 Å². The van der Waals surface area contributed by atoms with Gasteiger partial charge in [0.15, 0.2) is 0 Å². The first-order valence-electron chi connectivity index (χ1n) is 10.4. The number of carbonyl (C=O) groups excluding carboxylic acids is 1.